The van der Waals surface area contributed by atoms with Crippen LogP contribution in [0.15, 0.2) is 29.3 Å². The number of hydrogen-bond acceptors (Lipinski definition) is 3. The number of likely N-dealkylation sites (N-methyl/N-ethyl adjacent to an activating group) is 1. The summed E-state index contributed by atoms with van der Waals surface area (Å²) < 4.78 is 13.7. The number of hydrogen-bond donors (Lipinski definition) is 2. The van der Waals surface area contributed by atoms with E-state index in [0.29, 0.717) is 13.0 Å². The van der Waals surface area contributed by atoms with Gasteiger partial charge in [-0.1, -0.05) is 18.2 Å². The number of guanidine groups is 1. The van der Waals surface area contributed by atoms with Gasteiger partial charge in [0.25, 0.3) is 0 Å². The summed E-state index contributed by atoms with van der Waals surface area (Å²) in [5, 5.41) is 6.57. The highest BCUT2D eigenvalue weighted by atomic mass is 19.1. The summed E-state index contributed by atoms with van der Waals surface area (Å²) in [6, 6.07) is 6.94. The fourth-order valence-corrected chi connectivity index (χ4v) is 3.17. The minimum Gasteiger partial charge on any atom is -0.357 e. The molecule has 0 aliphatic carbocycles. The standard InChI is InChI=1S/C20H34FN5/c1-3-22-20(24-12-10-18-8-4-5-9-19(18)21)23-11-6-14-26-15-7-13-25(2)16-17-26/h4-5,8-9H,3,6-7,10-17H2,1-2H3,(H2,22,23,24). The zero-order valence-electron chi connectivity index (χ0n) is 16.3. The van der Waals surface area contributed by atoms with Crippen molar-refractivity contribution in [3.8, 4) is 0 Å². The Bertz CT molecular complexity index is 549. The van der Waals surface area contributed by atoms with Gasteiger partial charge in [-0.15, -0.1) is 0 Å². The predicted octanol–water partition coefficient (Wildman–Crippen LogP) is 1.95. The smallest absolute Gasteiger partial charge is 0.191 e. The van der Waals surface area contributed by atoms with E-state index >= 15 is 0 Å². The van der Waals surface area contributed by atoms with Crippen LogP contribution in [-0.4, -0.2) is 75.2 Å². The van der Waals surface area contributed by atoms with Gasteiger partial charge in [-0.2, -0.15) is 0 Å². The Morgan fingerprint density at radius 3 is 2.81 bits per heavy atom. The van der Waals surface area contributed by atoms with Gasteiger partial charge in [0.2, 0.25) is 0 Å². The van der Waals surface area contributed by atoms with E-state index in [0.717, 1.165) is 50.7 Å². The van der Waals surface area contributed by atoms with E-state index in [1.54, 1.807) is 6.07 Å². The summed E-state index contributed by atoms with van der Waals surface area (Å²) >= 11 is 0. The first-order valence-electron chi connectivity index (χ1n) is 9.85. The summed E-state index contributed by atoms with van der Waals surface area (Å²) in [4.78, 5) is 9.60. The fourth-order valence-electron chi connectivity index (χ4n) is 3.17. The van der Waals surface area contributed by atoms with Gasteiger partial charge in [-0.25, -0.2) is 4.39 Å². The molecule has 0 bridgehead atoms. The van der Waals surface area contributed by atoms with E-state index in [-0.39, 0.29) is 5.82 Å². The second-order valence-electron chi connectivity index (χ2n) is 6.88. The lowest BCUT2D eigenvalue weighted by molar-refractivity contribution is 0.275. The van der Waals surface area contributed by atoms with Gasteiger partial charge in [0.05, 0.1) is 0 Å². The van der Waals surface area contributed by atoms with E-state index < -0.39 is 0 Å². The zero-order chi connectivity index (χ0) is 18.6. The summed E-state index contributed by atoms with van der Waals surface area (Å²) in [5.74, 6) is 0.679. The molecule has 26 heavy (non-hydrogen) atoms. The molecule has 1 heterocycles. The third-order valence-electron chi connectivity index (χ3n) is 4.70. The van der Waals surface area contributed by atoms with Gasteiger partial charge in [0.1, 0.15) is 5.82 Å². The molecule has 0 spiro atoms. The van der Waals surface area contributed by atoms with Gasteiger partial charge >= 0.3 is 0 Å². The Morgan fingerprint density at radius 2 is 2.00 bits per heavy atom. The zero-order valence-corrected chi connectivity index (χ0v) is 16.3. The van der Waals surface area contributed by atoms with Gasteiger partial charge in [-0.05, 0) is 64.5 Å². The third-order valence-corrected chi connectivity index (χ3v) is 4.70. The molecule has 1 aliphatic rings. The molecular formula is C20H34FN5. The van der Waals surface area contributed by atoms with E-state index in [2.05, 4.69) is 39.4 Å². The lowest BCUT2D eigenvalue weighted by atomic mass is 10.1. The molecule has 0 aromatic heterocycles. The van der Waals surface area contributed by atoms with Crippen molar-refractivity contribution in [1.82, 2.24) is 20.4 Å². The molecule has 0 saturated carbocycles. The van der Waals surface area contributed by atoms with Crippen molar-refractivity contribution >= 4 is 5.96 Å². The molecular weight excluding hydrogens is 329 g/mol. The molecule has 146 valence electrons. The Kier molecular flexibility index (Phi) is 9.42. The predicted molar refractivity (Wildman–Crippen MR) is 107 cm³/mol. The quantitative estimate of drug-likeness (QED) is 0.421. The van der Waals surface area contributed by atoms with Crippen LogP contribution in [0.5, 0.6) is 0 Å². The van der Waals surface area contributed by atoms with Crippen molar-refractivity contribution in [3.63, 3.8) is 0 Å². The minimum atomic E-state index is -0.140. The van der Waals surface area contributed by atoms with Crippen LogP contribution in [0.2, 0.25) is 0 Å². The molecule has 1 saturated heterocycles. The molecule has 1 aromatic rings. The van der Waals surface area contributed by atoms with E-state index in [4.69, 9.17) is 0 Å². The molecule has 0 amide bonds. The SMILES string of the molecule is CCNC(=NCCCN1CCCN(C)CC1)NCCc1ccccc1F. The Balaban J connectivity index is 1.69. The number of nitrogens with zero attached hydrogens (tertiary/aromatic N) is 3. The van der Waals surface area contributed by atoms with Crippen molar-refractivity contribution in [1.29, 1.82) is 0 Å². The van der Waals surface area contributed by atoms with E-state index in [1.807, 2.05) is 12.1 Å². The van der Waals surface area contributed by atoms with Crippen LogP contribution >= 0.6 is 0 Å². The van der Waals surface area contributed by atoms with Crippen LogP contribution in [0.25, 0.3) is 0 Å². The minimum absolute atomic E-state index is 0.140. The topological polar surface area (TPSA) is 42.9 Å². The Labute approximate surface area is 157 Å². The molecule has 1 aliphatic heterocycles. The van der Waals surface area contributed by atoms with Crippen molar-refractivity contribution in [2.75, 3.05) is 59.4 Å². The molecule has 0 unspecified atom stereocenters. The summed E-state index contributed by atoms with van der Waals surface area (Å²) in [6.07, 6.45) is 2.96. The van der Waals surface area contributed by atoms with Crippen LogP contribution < -0.4 is 10.6 Å². The lowest BCUT2D eigenvalue weighted by Gasteiger charge is -2.19. The monoisotopic (exact) mass is 363 g/mol. The largest absolute Gasteiger partial charge is 0.357 e. The average Bonchev–Trinajstić information content (AvgIpc) is 2.84. The van der Waals surface area contributed by atoms with Gasteiger partial charge < -0.3 is 20.4 Å². The maximum absolute atomic E-state index is 13.7. The highest BCUT2D eigenvalue weighted by Gasteiger charge is 2.11. The highest BCUT2D eigenvalue weighted by Crippen LogP contribution is 2.06. The second kappa shape index (κ2) is 11.9. The number of aliphatic imine (C=N–C) groups is 1. The molecule has 5 nitrogen and oxygen atoms in total. The van der Waals surface area contributed by atoms with Gasteiger partial charge in [-0.3, -0.25) is 4.99 Å². The maximum Gasteiger partial charge on any atom is 0.191 e. The van der Waals surface area contributed by atoms with Crippen LogP contribution in [0.3, 0.4) is 0 Å². The normalized spacial score (nSPS) is 17.1. The maximum atomic E-state index is 13.7. The molecule has 2 rings (SSSR count). The van der Waals surface area contributed by atoms with Crippen LogP contribution in [-0.2, 0) is 6.42 Å². The number of rotatable bonds is 8. The number of halogens is 1. The lowest BCUT2D eigenvalue weighted by Crippen LogP contribution is -2.38. The van der Waals surface area contributed by atoms with Crippen molar-refractivity contribution in [2.24, 2.45) is 4.99 Å². The van der Waals surface area contributed by atoms with Gasteiger partial charge in [0.15, 0.2) is 5.96 Å². The van der Waals surface area contributed by atoms with E-state index in [9.17, 15) is 4.39 Å². The Morgan fingerprint density at radius 1 is 1.15 bits per heavy atom. The molecule has 1 aromatic carbocycles. The van der Waals surface area contributed by atoms with Crippen molar-refractivity contribution < 1.29 is 4.39 Å². The van der Waals surface area contributed by atoms with Crippen LogP contribution in [0.4, 0.5) is 4.39 Å². The van der Waals surface area contributed by atoms with Crippen molar-refractivity contribution in [3.05, 3.63) is 35.6 Å². The first-order valence-corrected chi connectivity index (χ1v) is 9.85. The number of nitrogens with one attached hydrogen (secondary N) is 2. The third kappa shape index (κ3) is 7.70. The van der Waals surface area contributed by atoms with Crippen LogP contribution in [0.1, 0.15) is 25.3 Å². The molecule has 0 radical (unpaired) electrons. The van der Waals surface area contributed by atoms with Crippen molar-refractivity contribution in [2.45, 2.75) is 26.2 Å². The highest BCUT2D eigenvalue weighted by molar-refractivity contribution is 5.79. The second-order valence-corrected chi connectivity index (χ2v) is 6.88. The van der Waals surface area contributed by atoms with E-state index in [1.165, 1.54) is 25.6 Å². The first-order chi connectivity index (χ1) is 12.7. The molecule has 6 heteroatoms. The summed E-state index contributed by atoms with van der Waals surface area (Å²) in [7, 11) is 2.20. The first kappa shape index (κ1) is 20.6. The molecule has 0 atom stereocenters. The molecule has 2 N–H and O–H groups in total. The number of benzene rings is 1. The summed E-state index contributed by atoms with van der Waals surface area (Å²) in [5.41, 5.74) is 0.738. The van der Waals surface area contributed by atoms with Gasteiger partial charge in [0, 0.05) is 32.7 Å². The average molecular weight is 364 g/mol. The molecule has 1 fully saturated rings. The fraction of sp³-hybridized carbons (Fsp3) is 0.650. The Hall–Kier alpha value is -1.66. The summed E-state index contributed by atoms with van der Waals surface area (Å²) in [6.45, 7) is 10.2. The van der Waals surface area contributed by atoms with Crippen LogP contribution in [0, 0.1) is 5.82 Å².